The molecule has 1 atom stereocenters. The number of benzene rings is 1. The van der Waals surface area contributed by atoms with E-state index in [1.165, 1.54) is 0 Å². The average molecular weight is 488 g/mol. The number of nitrogens with zero attached hydrogens (tertiary/aromatic N) is 1. The van der Waals surface area contributed by atoms with E-state index in [9.17, 15) is 9.90 Å². The van der Waals surface area contributed by atoms with Crippen LogP contribution in [0.4, 0.5) is 0 Å². The van der Waals surface area contributed by atoms with Crippen LogP contribution in [-0.4, -0.2) is 40.2 Å². The first-order valence-electron chi connectivity index (χ1n) is 13.3. The molecule has 1 unspecified atom stereocenters. The van der Waals surface area contributed by atoms with Crippen molar-refractivity contribution in [3.63, 3.8) is 0 Å². The Morgan fingerprint density at radius 1 is 0.971 bits per heavy atom. The molecule has 200 valence electrons. The van der Waals surface area contributed by atoms with Gasteiger partial charge in [0.15, 0.2) is 0 Å². The molecule has 0 radical (unpaired) electrons. The van der Waals surface area contributed by atoms with Crippen LogP contribution in [0.5, 0.6) is 5.75 Å². The molecule has 1 saturated heterocycles. The Morgan fingerprint density at radius 3 is 1.74 bits per heavy atom. The lowest BCUT2D eigenvalue weighted by Crippen LogP contribution is -2.60. The van der Waals surface area contributed by atoms with Crippen molar-refractivity contribution in [1.82, 2.24) is 4.90 Å². The third-order valence-corrected chi connectivity index (χ3v) is 8.63. The second kappa shape index (κ2) is 9.39. The van der Waals surface area contributed by atoms with Gasteiger partial charge in [-0.2, -0.15) is 0 Å². The number of likely N-dealkylation sites (tertiary alicyclic amines) is 1. The fourth-order valence-electron chi connectivity index (χ4n) is 5.43. The summed E-state index contributed by atoms with van der Waals surface area (Å²) < 4.78 is 6.20. The number of carbonyl (C=O) groups excluding carboxylic acids is 1. The third kappa shape index (κ3) is 6.42. The second-order valence-corrected chi connectivity index (χ2v) is 15.0. The van der Waals surface area contributed by atoms with Crippen LogP contribution < -0.4 is 0 Å². The number of esters is 1. The molecule has 35 heavy (non-hydrogen) atoms. The molecule has 1 N–H and O–H groups in total. The van der Waals surface area contributed by atoms with Crippen molar-refractivity contribution in [1.29, 1.82) is 0 Å². The highest BCUT2D eigenvalue weighted by Gasteiger charge is 2.46. The molecule has 1 fully saturated rings. The summed E-state index contributed by atoms with van der Waals surface area (Å²) >= 11 is 0. The van der Waals surface area contributed by atoms with E-state index in [4.69, 9.17) is 4.74 Å². The Bertz CT molecular complexity index is 875. The van der Waals surface area contributed by atoms with Gasteiger partial charge in [0.05, 0.1) is 5.41 Å². The van der Waals surface area contributed by atoms with E-state index in [0.717, 1.165) is 36.0 Å². The number of ether oxygens (including phenoxy) is 1. The number of phenols is 1. The van der Waals surface area contributed by atoms with Gasteiger partial charge in [-0.3, -0.25) is 9.69 Å². The van der Waals surface area contributed by atoms with Gasteiger partial charge in [-0.25, -0.2) is 0 Å². The van der Waals surface area contributed by atoms with Crippen LogP contribution >= 0.6 is 0 Å². The maximum absolute atomic E-state index is 13.5. The number of rotatable bonds is 5. The fourth-order valence-corrected chi connectivity index (χ4v) is 5.43. The zero-order chi connectivity index (χ0) is 27.4. The summed E-state index contributed by atoms with van der Waals surface area (Å²) in [5.41, 5.74) is 2.05. The Balaban J connectivity index is 2.29. The van der Waals surface area contributed by atoms with Crippen LogP contribution in [0.25, 0.3) is 0 Å². The molecule has 0 aromatic heterocycles. The monoisotopic (exact) mass is 487 g/mol. The molecule has 1 aromatic carbocycles. The van der Waals surface area contributed by atoms with Crippen LogP contribution in [-0.2, 0) is 26.8 Å². The van der Waals surface area contributed by atoms with Gasteiger partial charge < -0.3 is 9.84 Å². The zero-order valence-electron chi connectivity index (χ0n) is 25.1. The predicted octanol–water partition coefficient (Wildman–Crippen LogP) is 7.39. The molecule has 0 aliphatic carbocycles. The number of hydrogen-bond donors (Lipinski definition) is 1. The number of hydrogen-bond acceptors (Lipinski definition) is 4. The largest absolute Gasteiger partial charge is 0.507 e. The highest BCUT2D eigenvalue weighted by Crippen LogP contribution is 2.42. The van der Waals surface area contributed by atoms with Crippen LogP contribution in [0, 0.1) is 11.3 Å². The predicted molar refractivity (Wildman–Crippen MR) is 147 cm³/mol. The number of carbonyl (C=O) groups is 1. The molecule has 4 nitrogen and oxygen atoms in total. The van der Waals surface area contributed by atoms with Gasteiger partial charge in [0.25, 0.3) is 0 Å². The molecule has 2 rings (SSSR count). The number of piperidine rings is 1. The van der Waals surface area contributed by atoms with Crippen molar-refractivity contribution < 1.29 is 14.6 Å². The summed E-state index contributed by atoms with van der Waals surface area (Å²) in [6, 6.07) is 4.26. The molecule has 1 aliphatic heterocycles. The second-order valence-electron chi connectivity index (χ2n) is 15.0. The Hall–Kier alpha value is -1.55. The topological polar surface area (TPSA) is 49.8 Å². The highest BCUT2D eigenvalue weighted by molar-refractivity contribution is 5.76. The van der Waals surface area contributed by atoms with Crippen LogP contribution in [0.1, 0.15) is 120 Å². The Morgan fingerprint density at radius 2 is 1.37 bits per heavy atom. The van der Waals surface area contributed by atoms with E-state index >= 15 is 0 Å². The van der Waals surface area contributed by atoms with E-state index in [1.54, 1.807) is 0 Å². The highest BCUT2D eigenvalue weighted by atomic mass is 16.5. The molecule has 4 heteroatoms. The van der Waals surface area contributed by atoms with Crippen molar-refractivity contribution in [2.45, 2.75) is 137 Å². The minimum absolute atomic E-state index is 0.0266. The standard InChI is InChI=1S/C31H53NO3/c1-20(15-21-16-23(27(2,3)4)25(33)24(17-21)28(5,6)7)31(12,13)26(34)35-22-18-29(8,9)32(14)30(10,11)19-22/h16-17,20,22,33H,15,18-19H2,1-14H3. The summed E-state index contributed by atoms with van der Waals surface area (Å²) in [5.74, 6) is 0.358. The van der Waals surface area contributed by atoms with Gasteiger partial charge in [-0.05, 0) is 88.4 Å². The maximum Gasteiger partial charge on any atom is 0.312 e. The minimum Gasteiger partial charge on any atom is -0.507 e. The molecule has 1 aromatic rings. The molecular formula is C31H53NO3. The first-order chi connectivity index (χ1) is 15.5. The van der Waals surface area contributed by atoms with Crippen LogP contribution in [0.3, 0.4) is 0 Å². The van der Waals surface area contributed by atoms with Gasteiger partial charge in [0.1, 0.15) is 11.9 Å². The third-order valence-electron chi connectivity index (χ3n) is 8.63. The number of phenolic OH excluding ortho intramolecular Hbond substituents is 1. The Labute approximate surface area is 215 Å². The van der Waals surface area contributed by atoms with E-state index in [-0.39, 0.29) is 39.9 Å². The summed E-state index contributed by atoms with van der Waals surface area (Å²) in [5, 5.41) is 11.1. The lowest BCUT2D eigenvalue weighted by molar-refractivity contribution is -0.171. The maximum atomic E-state index is 13.5. The van der Waals surface area contributed by atoms with Gasteiger partial charge in [-0.15, -0.1) is 0 Å². The molecule has 0 bridgehead atoms. The molecule has 0 saturated carbocycles. The molecular weight excluding hydrogens is 434 g/mol. The average Bonchev–Trinajstić information content (AvgIpc) is 2.64. The zero-order valence-corrected chi connectivity index (χ0v) is 25.1. The van der Waals surface area contributed by atoms with Gasteiger partial charge >= 0.3 is 5.97 Å². The van der Waals surface area contributed by atoms with Crippen molar-refractivity contribution in [2.75, 3.05) is 7.05 Å². The van der Waals surface area contributed by atoms with Crippen LogP contribution in [0.15, 0.2) is 12.1 Å². The quantitative estimate of drug-likeness (QED) is 0.440. The molecule has 1 aliphatic rings. The van der Waals surface area contributed by atoms with Gasteiger partial charge in [0, 0.05) is 23.9 Å². The summed E-state index contributed by atoms with van der Waals surface area (Å²) in [4.78, 5) is 15.9. The smallest absolute Gasteiger partial charge is 0.312 e. The van der Waals surface area contributed by atoms with E-state index in [2.05, 4.69) is 100 Å². The van der Waals surface area contributed by atoms with Crippen molar-refractivity contribution in [3.05, 3.63) is 28.8 Å². The van der Waals surface area contributed by atoms with Crippen molar-refractivity contribution in [3.8, 4) is 5.75 Å². The lowest BCUT2D eigenvalue weighted by Gasteiger charge is -2.53. The molecule has 0 amide bonds. The van der Waals surface area contributed by atoms with E-state index in [0.29, 0.717) is 5.75 Å². The molecule has 1 heterocycles. The lowest BCUT2D eigenvalue weighted by atomic mass is 9.74. The minimum atomic E-state index is -0.626. The number of aromatic hydroxyl groups is 1. The first-order valence-corrected chi connectivity index (χ1v) is 13.3. The summed E-state index contributed by atoms with van der Waals surface area (Å²) in [6.07, 6.45) is 2.35. The Kier molecular flexibility index (Phi) is 7.97. The SMILES string of the molecule is CC(Cc1cc(C(C)(C)C)c(O)c(C(C)(C)C)c1)C(C)(C)C(=O)OC1CC(C)(C)N(C)C(C)(C)C1. The van der Waals surface area contributed by atoms with Crippen molar-refractivity contribution >= 4 is 5.97 Å². The van der Waals surface area contributed by atoms with E-state index < -0.39 is 5.41 Å². The van der Waals surface area contributed by atoms with E-state index in [1.807, 2.05) is 13.8 Å². The van der Waals surface area contributed by atoms with Crippen LogP contribution in [0.2, 0.25) is 0 Å². The van der Waals surface area contributed by atoms with Gasteiger partial charge in [0.2, 0.25) is 0 Å². The fraction of sp³-hybridized carbons (Fsp3) is 0.774. The van der Waals surface area contributed by atoms with Crippen molar-refractivity contribution in [2.24, 2.45) is 11.3 Å². The molecule has 0 spiro atoms. The first kappa shape index (κ1) is 29.7. The summed E-state index contributed by atoms with van der Waals surface area (Å²) in [6.45, 7) is 27.9. The van der Waals surface area contributed by atoms with Gasteiger partial charge in [-0.1, -0.05) is 60.6 Å². The normalized spacial score (nSPS) is 20.5. The summed E-state index contributed by atoms with van der Waals surface area (Å²) in [7, 11) is 2.17.